The Labute approximate surface area is 123 Å². The summed E-state index contributed by atoms with van der Waals surface area (Å²) >= 11 is 15.4. The first kappa shape index (κ1) is 13.2. The summed E-state index contributed by atoms with van der Waals surface area (Å²) < 4.78 is 0.877. The quantitative estimate of drug-likeness (QED) is 0.796. The van der Waals surface area contributed by atoms with Crippen molar-refractivity contribution in [2.75, 3.05) is 5.32 Å². The van der Waals surface area contributed by atoms with E-state index < -0.39 is 0 Å². The molecular weight excluding hydrogens is 335 g/mol. The number of nitriles is 1. The summed E-state index contributed by atoms with van der Waals surface area (Å²) in [7, 11) is 0. The van der Waals surface area contributed by atoms with Crippen LogP contribution in [0.5, 0.6) is 0 Å². The van der Waals surface area contributed by atoms with Gasteiger partial charge in [-0.25, -0.2) is 0 Å². The van der Waals surface area contributed by atoms with Crippen LogP contribution in [0.25, 0.3) is 0 Å². The molecule has 90 valence electrons. The van der Waals surface area contributed by atoms with Gasteiger partial charge in [-0.2, -0.15) is 5.26 Å². The normalized spacial score (nSPS) is 9.89. The second-order valence-electron chi connectivity index (χ2n) is 3.53. The first-order chi connectivity index (χ1) is 8.61. The largest absolute Gasteiger partial charge is 0.353 e. The zero-order valence-corrected chi connectivity index (χ0v) is 12.1. The number of hydrogen-bond acceptors (Lipinski definition) is 2. The summed E-state index contributed by atoms with van der Waals surface area (Å²) in [6.07, 6.45) is 0. The molecule has 0 aliphatic rings. The van der Waals surface area contributed by atoms with Gasteiger partial charge in [-0.15, -0.1) is 0 Å². The smallest absolute Gasteiger partial charge is 0.101 e. The molecule has 0 aliphatic heterocycles. The lowest BCUT2D eigenvalue weighted by atomic mass is 10.2. The average molecular weight is 342 g/mol. The lowest BCUT2D eigenvalue weighted by Crippen LogP contribution is -1.94. The third-order valence-corrected chi connectivity index (χ3v) is 3.64. The molecule has 2 aromatic rings. The molecule has 0 saturated carbocycles. The van der Waals surface area contributed by atoms with Crippen molar-refractivity contribution in [3.8, 4) is 6.07 Å². The molecule has 0 spiro atoms. The molecule has 0 heterocycles. The summed E-state index contributed by atoms with van der Waals surface area (Å²) in [6, 6.07) is 12.8. The van der Waals surface area contributed by atoms with Crippen molar-refractivity contribution in [1.82, 2.24) is 0 Å². The van der Waals surface area contributed by atoms with Gasteiger partial charge in [-0.05, 0) is 30.3 Å². The lowest BCUT2D eigenvalue weighted by Gasteiger charge is -2.11. The molecule has 1 N–H and O–H groups in total. The third-order valence-electron chi connectivity index (χ3n) is 2.32. The molecule has 0 fully saturated rings. The van der Waals surface area contributed by atoms with Crippen molar-refractivity contribution in [2.45, 2.75) is 0 Å². The van der Waals surface area contributed by atoms with Crippen LogP contribution < -0.4 is 5.32 Å². The Balaban J connectivity index is 2.43. The Bertz CT molecular complexity index is 635. The minimum atomic E-state index is 0.433. The van der Waals surface area contributed by atoms with Crippen LogP contribution in [-0.2, 0) is 0 Å². The van der Waals surface area contributed by atoms with E-state index in [1.807, 2.05) is 12.1 Å². The Kier molecular flexibility index (Phi) is 4.13. The number of anilines is 2. The van der Waals surface area contributed by atoms with E-state index in [1.165, 1.54) is 0 Å². The molecular formula is C13H7BrCl2N2. The maximum absolute atomic E-state index is 9.05. The van der Waals surface area contributed by atoms with Gasteiger partial charge >= 0.3 is 0 Å². The molecule has 0 saturated heterocycles. The zero-order valence-electron chi connectivity index (χ0n) is 9.05. The highest BCUT2D eigenvalue weighted by Gasteiger charge is 2.07. The molecule has 18 heavy (non-hydrogen) atoms. The van der Waals surface area contributed by atoms with Gasteiger partial charge in [0, 0.05) is 4.47 Å². The molecule has 2 rings (SSSR count). The van der Waals surface area contributed by atoms with E-state index in [9.17, 15) is 0 Å². The number of nitrogens with one attached hydrogen (secondary N) is 1. The van der Waals surface area contributed by atoms with Crippen LogP contribution in [0, 0.1) is 11.3 Å². The van der Waals surface area contributed by atoms with E-state index in [1.54, 1.807) is 24.3 Å². The van der Waals surface area contributed by atoms with Gasteiger partial charge in [-0.1, -0.05) is 45.2 Å². The zero-order chi connectivity index (χ0) is 13.1. The fraction of sp³-hybridized carbons (Fsp3) is 0. The van der Waals surface area contributed by atoms with Crippen LogP contribution in [0.15, 0.2) is 40.9 Å². The Morgan fingerprint density at radius 3 is 2.61 bits per heavy atom. The van der Waals surface area contributed by atoms with Gasteiger partial charge in [0.2, 0.25) is 0 Å². The van der Waals surface area contributed by atoms with Gasteiger partial charge < -0.3 is 5.32 Å². The summed E-state index contributed by atoms with van der Waals surface area (Å²) in [4.78, 5) is 0. The standard InChI is InChI=1S/C13H7BrCl2N2/c14-9-5-4-8(7-17)12(6-9)18-11-3-1-2-10(15)13(11)16/h1-6,18H. The second kappa shape index (κ2) is 5.62. The first-order valence-corrected chi connectivity index (χ1v) is 6.57. The highest BCUT2D eigenvalue weighted by Crippen LogP contribution is 2.33. The monoisotopic (exact) mass is 340 g/mol. The highest BCUT2D eigenvalue weighted by atomic mass is 79.9. The molecule has 0 aromatic heterocycles. The maximum Gasteiger partial charge on any atom is 0.101 e. The Hall–Kier alpha value is -1.21. The van der Waals surface area contributed by atoms with E-state index in [2.05, 4.69) is 27.3 Å². The molecule has 5 heteroatoms. The Morgan fingerprint density at radius 1 is 1.11 bits per heavy atom. The van der Waals surface area contributed by atoms with Gasteiger partial charge in [0.15, 0.2) is 0 Å². The van der Waals surface area contributed by atoms with Gasteiger partial charge in [0.25, 0.3) is 0 Å². The van der Waals surface area contributed by atoms with Crippen LogP contribution in [0.4, 0.5) is 11.4 Å². The lowest BCUT2D eigenvalue weighted by molar-refractivity contribution is 1.45. The number of benzene rings is 2. The van der Waals surface area contributed by atoms with Crippen molar-refractivity contribution in [3.05, 3.63) is 56.5 Å². The predicted octanol–water partition coefficient (Wildman–Crippen LogP) is 5.37. The van der Waals surface area contributed by atoms with E-state index in [0.717, 1.165) is 4.47 Å². The summed E-state index contributed by atoms with van der Waals surface area (Å²) in [5, 5.41) is 13.1. The number of rotatable bonds is 2. The fourth-order valence-corrected chi connectivity index (χ4v) is 2.17. The molecule has 0 aliphatic carbocycles. The molecule has 0 unspecified atom stereocenters. The molecule has 0 bridgehead atoms. The van der Waals surface area contributed by atoms with Gasteiger partial charge in [-0.3, -0.25) is 0 Å². The molecule has 2 aromatic carbocycles. The summed E-state index contributed by atoms with van der Waals surface area (Å²) in [6.45, 7) is 0. The van der Waals surface area contributed by atoms with E-state index >= 15 is 0 Å². The van der Waals surface area contributed by atoms with Gasteiger partial charge in [0.05, 0.1) is 27.0 Å². The van der Waals surface area contributed by atoms with E-state index in [-0.39, 0.29) is 0 Å². The van der Waals surface area contributed by atoms with Crippen LogP contribution in [0.2, 0.25) is 10.0 Å². The fourth-order valence-electron chi connectivity index (χ4n) is 1.46. The van der Waals surface area contributed by atoms with Gasteiger partial charge in [0.1, 0.15) is 6.07 Å². The Morgan fingerprint density at radius 2 is 1.89 bits per heavy atom. The first-order valence-electron chi connectivity index (χ1n) is 5.02. The topological polar surface area (TPSA) is 35.8 Å². The number of nitrogens with zero attached hydrogens (tertiary/aromatic N) is 1. The van der Waals surface area contributed by atoms with Crippen LogP contribution in [-0.4, -0.2) is 0 Å². The highest BCUT2D eigenvalue weighted by molar-refractivity contribution is 9.10. The van der Waals surface area contributed by atoms with Crippen molar-refractivity contribution < 1.29 is 0 Å². The maximum atomic E-state index is 9.05. The minimum absolute atomic E-state index is 0.433. The summed E-state index contributed by atoms with van der Waals surface area (Å²) in [5.74, 6) is 0. The SMILES string of the molecule is N#Cc1ccc(Br)cc1Nc1cccc(Cl)c1Cl. The van der Waals surface area contributed by atoms with Crippen molar-refractivity contribution >= 4 is 50.5 Å². The average Bonchev–Trinajstić information content (AvgIpc) is 2.35. The van der Waals surface area contributed by atoms with Crippen LogP contribution in [0.1, 0.15) is 5.56 Å². The summed E-state index contributed by atoms with van der Waals surface area (Å²) in [5.41, 5.74) is 1.88. The van der Waals surface area contributed by atoms with Crippen LogP contribution in [0.3, 0.4) is 0 Å². The number of halogens is 3. The molecule has 0 atom stereocenters. The predicted molar refractivity (Wildman–Crippen MR) is 78.6 cm³/mol. The van der Waals surface area contributed by atoms with E-state index in [0.29, 0.717) is 27.0 Å². The van der Waals surface area contributed by atoms with Crippen molar-refractivity contribution in [1.29, 1.82) is 5.26 Å². The molecule has 0 radical (unpaired) electrons. The third kappa shape index (κ3) is 2.78. The second-order valence-corrected chi connectivity index (χ2v) is 5.23. The van der Waals surface area contributed by atoms with Crippen molar-refractivity contribution in [3.63, 3.8) is 0 Å². The molecule has 2 nitrogen and oxygen atoms in total. The molecule has 0 amide bonds. The van der Waals surface area contributed by atoms with E-state index in [4.69, 9.17) is 28.5 Å². The minimum Gasteiger partial charge on any atom is -0.353 e. The van der Waals surface area contributed by atoms with Crippen molar-refractivity contribution in [2.24, 2.45) is 0 Å². The van der Waals surface area contributed by atoms with Crippen LogP contribution >= 0.6 is 39.1 Å². The number of hydrogen-bond donors (Lipinski definition) is 1.